The van der Waals surface area contributed by atoms with Crippen LogP contribution < -0.4 is 0 Å². The fourth-order valence-corrected chi connectivity index (χ4v) is 5.38. The van der Waals surface area contributed by atoms with Crippen molar-refractivity contribution in [2.45, 2.75) is 30.8 Å². The summed E-state index contributed by atoms with van der Waals surface area (Å²) in [7, 11) is -2.25. The molecule has 1 aliphatic rings. The van der Waals surface area contributed by atoms with E-state index in [0.29, 0.717) is 5.52 Å². The zero-order chi connectivity index (χ0) is 21.3. The van der Waals surface area contributed by atoms with Crippen LogP contribution in [0.4, 0.5) is 4.79 Å². The Morgan fingerprint density at radius 2 is 1.80 bits per heavy atom. The summed E-state index contributed by atoms with van der Waals surface area (Å²) in [6.07, 6.45) is 2.89. The molecule has 1 amide bonds. The van der Waals surface area contributed by atoms with Gasteiger partial charge in [-0.05, 0) is 61.3 Å². The molecule has 3 aromatic rings. The van der Waals surface area contributed by atoms with Gasteiger partial charge in [0, 0.05) is 31.7 Å². The van der Waals surface area contributed by atoms with Gasteiger partial charge in [0.1, 0.15) is 0 Å². The summed E-state index contributed by atoms with van der Waals surface area (Å²) in [4.78, 5) is 15.1. The van der Waals surface area contributed by atoms with E-state index in [-0.39, 0.29) is 11.4 Å². The van der Waals surface area contributed by atoms with E-state index >= 15 is 0 Å². The average Bonchev–Trinajstić information content (AvgIpc) is 3.38. The molecule has 0 bridgehead atoms. The predicted octanol–water partition coefficient (Wildman–Crippen LogP) is 3.58. The van der Waals surface area contributed by atoms with Gasteiger partial charge in [-0.3, -0.25) is 4.90 Å². The molecule has 8 heteroatoms. The Bertz CT molecular complexity index is 1170. The maximum Gasteiger partial charge on any atom is 0.407 e. The number of hydrogen-bond acceptors (Lipinski definition) is 4. The van der Waals surface area contributed by atoms with Crippen LogP contribution in [0.5, 0.6) is 0 Å². The monoisotopic (exact) mass is 427 g/mol. The third kappa shape index (κ3) is 3.93. The fourth-order valence-electron chi connectivity index (χ4n) is 4.02. The summed E-state index contributed by atoms with van der Waals surface area (Å²) in [6.45, 7) is 2.94. The van der Waals surface area contributed by atoms with Gasteiger partial charge in [0.15, 0.2) is 0 Å². The summed E-state index contributed by atoms with van der Waals surface area (Å²) in [5, 5.41) is 10.1. The van der Waals surface area contributed by atoms with Crippen molar-refractivity contribution in [1.29, 1.82) is 0 Å². The second kappa shape index (κ2) is 8.12. The van der Waals surface area contributed by atoms with E-state index in [1.54, 1.807) is 42.6 Å². The number of carboxylic acid groups (broad SMARTS) is 1. The summed E-state index contributed by atoms with van der Waals surface area (Å²) in [5.74, 6) is 0. The molecule has 2 heterocycles. The van der Waals surface area contributed by atoms with Crippen LogP contribution in [0.2, 0.25) is 0 Å². The van der Waals surface area contributed by atoms with Gasteiger partial charge >= 0.3 is 6.09 Å². The van der Waals surface area contributed by atoms with Gasteiger partial charge in [-0.1, -0.05) is 24.3 Å². The first-order valence-electron chi connectivity index (χ1n) is 9.96. The van der Waals surface area contributed by atoms with Crippen LogP contribution in [-0.4, -0.2) is 53.5 Å². The van der Waals surface area contributed by atoms with Crippen LogP contribution in [0.15, 0.2) is 59.6 Å². The third-order valence-corrected chi connectivity index (χ3v) is 7.26. The Morgan fingerprint density at radius 3 is 2.47 bits per heavy atom. The van der Waals surface area contributed by atoms with Crippen molar-refractivity contribution in [3.8, 4) is 0 Å². The molecule has 0 radical (unpaired) electrons. The number of benzene rings is 2. The lowest BCUT2D eigenvalue weighted by molar-refractivity contribution is 0.153. The van der Waals surface area contributed by atoms with Crippen molar-refractivity contribution in [1.82, 2.24) is 13.8 Å². The minimum Gasteiger partial charge on any atom is -0.465 e. The number of carbonyl (C=O) groups is 1. The molecule has 1 aromatic heterocycles. The maximum atomic E-state index is 13.3. The lowest BCUT2D eigenvalue weighted by atomic mass is 10.0. The van der Waals surface area contributed by atoms with Gasteiger partial charge in [0.25, 0.3) is 10.0 Å². The molecule has 158 valence electrons. The number of aromatic nitrogens is 1. The molecule has 0 saturated carbocycles. The lowest BCUT2D eigenvalue weighted by Gasteiger charge is -2.19. The Labute approximate surface area is 176 Å². The molecule has 7 nitrogen and oxygen atoms in total. The molecule has 0 unspecified atom stereocenters. The smallest absolute Gasteiger partial charge is 0.407 e. The largest absolute Gasteiger partial charge is 0.465 e. The molecule has 1 N–H and O–H groups in total. The minimum absolute atomic E-state index is 0.189. The predicted molar refractivity (Wildman–Crippen MR) is 115 cm³/mol. The van der Waals surface area contributed by atoms with Gasteiger partial charge in [-0.15, -0.1) is 0 Å². The van der Waals surface area contributed by atoms with Crippen molar-refractivity contribution in [3.05, 3.63) is 65.9 Å². The van der Waals surface area contributed by atoms with E-state index in [1.165, 1.54) is 15.9 Å². The lowest BCUT2D eigenvalue weighted by Crippen LogP contribution is -2.24. The molecule has 0 aliphatic carbocycles. The van der Waals surface area contributed by atoms with E-state index in [1.807, 2.05) is 12.1 Å². The number of amides is 1. The number of hydrogen-bond donors (Lipinski definition) is 1. The van der Waals surface area contributed by atoms with Crippen LogP contribution in [0.25, 0.3) is 10.9 Å². The number of rotatable bonds is 6. The SMILES string of the molecule is CN(Cc1cc(CN2CCCC2)c2ccn(S(=O)(=O)c3ccccc3)c2c1)C(=O)O. The zero-order valence-corrected chi connectivity index (χ0v) is 17.7. The van der Waals surface area contributed by atoms with E-state index < -0.39 is 16.1 Å². The maximum absolute atomic E-state index is 13.3. The second-order valence-corrected chi connectivity index (χ2v) is 9.55. The van der Waals surface area contributed by atoms with Gasteiger partial charge in [-0.25, -0.2) is 17.2 Å². The standard InChI is InChI=1S/C22H25N3O4S/c1-23(22(26)27)15-17-13-18(16-24-10-5-6-11-24)20-9-12-25(21(20)14-17)30(28,29)19-7-3-2-4-8-19/h2-4,7-9,12-14H,5-6,10-11,15-16H2,1H3,(H,26,27). The molecule has 0 atom stereocenters. The van der Waals surface area contributed by atoms with E-state index in [4.69, 9.17) is 0 Å². The topological polar surface area (TPSA) is 82.8 Å². The summed E-state index contributed by atoms with van der Waals surface area (Å²) in [6, 6.07) is 14.0. The van der Waals surface area contributed by atoms with Gasteiger partial charge in [0.05, 0.1) is 10.4 Å². The first kappa shape index (κ1) is 20.4. The minimum atomic E-state index is -3.75. The van der Waals surface area contributed by atoms with Crippen molar-refractivity contribution >= 4 is 27.0 Å². The van der Waals surface area contributed by atoms with Crippen LogP contribution in [0.3, 0.4) is 0 Å². The van der Waals surface area contributed by atoms with Crippen molar-refractivity contribution in [2.24, 2.45) is 0 Å². The summed E-state index contributed by atoms with van der Waals surface area (Å²) in [5.41, 5.74) is 2.36. The number of fused-ring (bicyclic) bond motifs is 1. The molecule has 1 fully saturated rings. The average molecular weight is 428 g/mol. The van der Waals surface area contributed by atoms with Crippen LogP contribution in [-0.2, 0) is 23.1 Å². The molecule has 30 heavy (non-hydrogen) atoms. The summed E-state index contributed by atoms with van der Waals surface area (Å²) >= 11 is 0. The quantitative estimate of drug-likeness (QED) is 0.650. The highest BCUT2D eigenvalue weighted by Gasteiger charge is 2.22. The third-order valence-electron chi connectivity index (χ3n) is 5.56. The molecular formula is C22H25N3O4S. The number of nitrogens with zero attached hydrogens (tertiary/aromatic N) is 3. The first-order chi connectivity index (χ1) is 14.4. The van der Waals surface area contributed by atoms with E-state index in [2.05, 4.69) is 4.90 Å². The normalized spacial score (nSPS) is 15.0. The van der Waals surface area contributed by atoms with Crippen LogP contribution in [0, 0.1) is 0 Å². The fraction of sp³-hybridized carbons (Fsp3) is 0.318. The Kier molecular flexibility index (Phi) is 5.53. The van der Waals surface area contributed by atoms with Gasteiger partial charge < -0.3 is 10.0 Å². The van der Waals surface area contributed by atoms with E-state index in [9.17, 15) is 18.3 Å². The molecule has 1 aliphatic heterocycles. The van der Waals surface area contributed by atoms with Crippen molar-refractivity contribution < 1.29 is 18.3 Å². The molecule has 2 aromatic carbocycles. The molecule has 0 spiro atoms. The Balaban J connectivity index is 1.83. The van der Waals surface area contributed by atoms with Crippen LogP contribution in [0.1, 0.15) is 24.0 Å². The van der Waals surface area contributed by atoms with Crippen molar-refractivity contribution in [3.63, 3.8) is 0 Å². The molecular weight excluding hydrogens is 402 g/mol. The first-order valence-corrected chi connectivity index (χ1v) is 11.4. The van der Waals surface area contributed by atoms with Gasteiger partial charge in [0.2, 0.25) is 0 Å². The zero-order valence-electron chi connectivity index (χ0n) is 16.9. The Morgan fingerprint density at radius 1 is 1.10 bits per heavy atom. The highest BCUT2D eigenvalue weighted by Crippen LogP contribution is 2.28. The second-order valence-electron chi connectivity index (χ2n) is 7.74. The Hall–Kier alpha value is -2.84. The van der Waals surface area contributed by atoms with E-state index in [0.717, 1.165) is 49.0 Å². The molecule has 1 saturated heterocycles. The molecule has 4 rings (SSSR count). The highest BCUT2D eigenvalue weighted by atomic mass is 32.2. The highest BCUT2D eigenvalue weighted by molar-refractivity contribution is 7.90. The van der Waals surface area contributed by atoms with Gasteiger partial charge in [-0.2, -0.15) is 0 Å². The van der Waals surface area contributed by atoms with Crippen LogP contribution >= 0.6 is 0 Å². The van der Waals surface area contributed by atoms with Crippen molar-refractivity contribution in [2.75, 3.05) is 20.1 Å². The summed E-state index contributed by atoms with van der Waals surface area (Å²) < 4.78 is 27.8. The number of likely N-dealkylation sites (tertiary alicyclic amines) is 1.